The second kappa shape index (κ2) is 6.93. The minimum Gasteiger partial charge on any atom is -0.271 e. The smallest absolute Gasteiger partial charge is 0.0244 e. The van der Waals surface area contributed by atoms with Crippen LogP contribution in [0, 0.1) is 11.8 Å². The summed E-state index contributed by atoms with van der Waals surface area (Å²) in [5.41, 5.74) is 6.33. The molecule has 3 rings (SSSR count). The van der Waals surface area contributed by atoms with E-state index < -0.39 is 0 Å². The molecule has 1 saturated carbocycles. The summed E-state index contributed by atoms with van der Waals surface area (Å²) < 4.78 is 0. The highest BCUT2D eigenvalue weighted by Crippen LogP contribution is 2.38. The highest BCUT2D eigenvalue weighted by molar-refractivity contribution is 5.32. The average Bonchev–Trinajstić information content (AvgIpc) is 2.54. The van der Waals surface area contributed by atoms with Crippen LogP contribution in [0.2, 0.25) is 0 Å². The molecule has 0 saturated heterocycles. The van der Waals surface area contributed by atoms with Gasteiger partial charge in [0, 0.05) is 6.04 Å². The highest BCUT2D eigenvalue weighted by atomic mass is 15.2. The zero-order valence-corrected chi connectivity index (χ0v) is 13.4. The van der Waals surface area contributed by atoms with E-state index in [-0.39, 0.29) is 0 Å². The first kappa shape index (κ1) is 15.1. The molecular weight excluding hydrogens is 256 g/mol. The molecule has 0 aromatic heterocycles. The number of rotatable bonds is 4. The summed E-state index contributed by atoms with van der Waals surface area (Å²) in [6.07, 6.45) is 10.6. The van der Waals surface area contributed by atoms with Crippen molar-refractivity contribution in [1.29, 1.82) is 0 Å². The molecule has 1 aromatic rings. The molecule has 0 spiro atoms. The van der Waals surface area contributed by atoms with E-state index >= 15 is 0 Å². The quantitative estimate of drug-likeness (QED) is 0.644. The van der Waals surface area contributed by atoms with Crippen LogP contribution < -0.4 is 11.3 Å². The fourth-order valence-electron chi connectivity index (χ4n) is 4.49. The van der Waals surface area contributed by atoms with Gasteiger partial charge in [0.05, 0.1) is 0 Å². The van der Waals surface area contributed by atoms with E-state index in [0.717, 1.165) is 11.8 Å². The van der Waals surface area contributed by atoms with E-state index in [0.29, 0.717) is 12.0 Å². The van der Waals surface area contributed by atoms with Crippen molar-refractivity contribution in [3.05, 3.63) is 35.4 Å². The Hall–Kier alpha value is -0.860. The van der Waals surface area contributed by atoms with Crippen LogP contribution in [0.25, 0.3) is 0 Å². The van der Waals surface area contributed by atoms with E-state index in [2.05, 4.69) is 36.6 Å². The molecule has 2 heteroatoms. The summed E-state index contributed by atoms with van der Waals surface area (Å²) in [6, 6.07) is 9.53. The van der Waals surface area contributed by atoms with Gasteiger partial charge in [-0.2, -0.15) is 0 Å². The highest BCUT2D eigenvalue weighted by Gasteiger charge is 2.29. The lowest BCUT2D eigenvalue weighted by Gasteiger charge is -2.35. The van der Waals surface area contributed by atoms with Crippen LogP contribution in [0.15, 0.2) is 24.3 Å². The van der Waals surface area contributed by atoms with Gasteiger partial charge in [0.2, 0.25) is 0 Å². The van der Waals surface area contributed by atoms with Crippen molar-refractivity contribution in [3.8, 4) is 0 Å². The molecular formula is C19H30N2. The van der Waals surface area contributed by atoms with Gasteiger partial charge in [-0.15, -0.1) is 0 Å². The maximum atomic E-state index is 5.93. The number of benzene rings is 1. The van der Waals surface area contributed by atoms with E-state index in [1.54, 1.807) is 11.1 Å². The lowest BCUT2D eigenvalue weighted by atomic mass is 9.73. The summed E-state index contributed by atoms with van der Waals surface area (Å²) in [5.74, 6) is 8.32. The van der Waals surface area contributed by atoms with Gasteiger partial charge in [-0.1, -0.05) is 44.0 Å². The van der Waals surface area contributed by atoms with E-state index in [1.807, 2.05) is 0 Å². The second-order valence-corrected chi connectivity index (χ2v) is 7.32. The van der Waals surface area contributed by atoms with Crippen LogP contribution in [-0.2, 0) is 6.42 Å². The topological polar surface area (TPSA) is 38.0 Å². The van der Waals surface area contributed by atoms with E-state index in [1.165, 1.54) is 51.4 Å². The lowest BCUT2D eigenvalue weighted by molar-refractivity contribution is 0.213. The van der Waals surface area contributed by atoms with Gasteiger partial charge in [-0.05, 0) is 67.4 Å². The molecule has 116 valence electrons. The monoisotopic (exact) mass is 286 g/mol. The Morgan fingerprint density at radius 2 is 1.90 bits per heavy atom. The fraction of sp³-hybridized carbons (Fsp3) is 0.684. The molecule has 2 nitrogen and oxygen atoms in total. The molecule has 0 heterocycles. The minimum absolute atomic E-state index is 0.494. The molecule has 1 aromatic carbocycles. The number of fused-ring (bicyclic) bond motifs is 1. The van der Waals surface area contributed by atoms with Gasteiger partial charge in [0.25, 0.3) is 0 Å². The predicted molar refractivity (Wildman–Crippen MR) is 89.0 cm³/mol. The molecule has 0 radical (unpaired) electrons. The number of aryl methyl sites for hydroxylation is 1. The summed E-state index contributed by atoms with van der Waals surface area (Å²) in [6.45, 7) is 2.39. The number of hydrogen-bond acceptors (Lipinski definition) is 2. The normalized spacial score (nSPS) is 30.7. The SMILES string of the molecule is CC1CCC(C(CC2CCCc3ccccc32)NN)CC1. The molecule has 1 fully saturated rings. The van der Waals surface area contributed by atoms with Crippen LogP contribution in [0.1, 0.15) is 68.9 Å². The standard InChI is InChI=1S/C19H30N2/c1-14-9-11-16(12-10-14)19(21-20)13-17-7-4-6-15-5-2-3-8-18(15)17/h2-3,5,8,14,16-17,19,21H,4,6-7,9-13,20H2,1H3. The molecule has 2 unspecified atom stereocenters. The van der Waals surface area contributed by atoms with Crippen molar-refractivity contribution in [2.24, 2.45) is 17.7 Å². The Kier molecular flexibility index (Phi) is 4.97. The first-order valence-corrected chi connectivity index (χ1v) is 8.82. The maximum absolute atomic E-state index is 5.93. The van der Waals surface area contributed by atoms with Crippen molar-refractivity contribution in [2.45, 2.75) is 70.3 Å². The van der Waals surface area contributed by atoms with Crippen molar-refractivity contribution in [2.75, 3.05) is 0 Å². The summed E-state index contributed by atoms with van der Waals surface area (Å²) in [4.78, 5) is 0. The molecule has 2 aliphatic carbocycles. The van der Waals surface area contributed by atoms with E-state index in [9.17, 15) is 0 Å². The van der Waals surface area contributed by atoms with Gasteiger partial charge in [-0.3, -0.25) is 11.3 Å². The Morgan fingerprint density at radius 1 is 1.14 bits per heavy atom. The Balaban J connectivity index is 1.67. The molecule has 2 aliphatic rings. The predicted octanol–water partition coefficient (Wildman–Crippen LogP) is 4.15. The molecule has 21 heavy (non-hydrogen) atoms. The first-order chi connectivity index (χ1) is 10.3. The van der Waals surface area contributed by atoms with Crippen molar-refractivity contribution in [3.63, 3.8) is 0 Å². The minimum atomic E-state index is 0.494. The van der Waals surface area contributed by atoms with Gasteiger partial charge in [0.15, 0.2) is 0 Å². The maximum Gasteiger partial charge on any atom is 0.0244 e. The van der Waals surface area contributed by atoms with Crippen molar-refractivity contribution in [1.82, 2.24) is 5.43 Å². The zero-order chi connectivity index (χ0) is 14.7. The Labute approximate surface area is 129 Å². The van der Waals surface area contributed by atoms with Crippen molar-refractivity contribution >= 4 is 0 Å². The van der Waals surface area contributed by atoms with Gasteiger partial charge >= 0.3 is 0 Å². The summed E-state index contributed by atoms with van der Waals surface area (Å²) >= 11 is 0. The fourth-order valence-corrected chi connectivity index (χ4v) is 4.49. The molecule has 0 aliphatic heterocycles. The number of hydrazine groups is 1. The van der Waals surface area contributed by atoms with Crippen LogP contribution in [0.5, 0.6) is 0 Å². The molecule has 0 amide bonds. The first-order valence-electron chi connectivity index (χ1n) is 8.82. The van der Waals surface area contributed by atoms with Gasteiger partial charge in [-0.25, -0.2) is 0 Å². The molecule has 2 atom stereocenters. The third kappa shape index (κ3) is 3.49. The lowest BCUT2D eigenvalue weighted by Crippen LogP contribution is -2.43. The number of hydrogen-bond donors (Lipinski definition) is 2. The van der Waals surface area contributed by atoms with Crippen LogP contribution >= 0.6 is 0 Å². The van der Waals surface area contributed by atoms with Crippen molar-refractivity contribution < 1.29 is 0 Å². The van der Waals surface area contributed by atoms with Crippen LogP contribution in [-0.4, -0.2) is 6.04 Å². The third-order valence-electron chi connectivity index (χ3n) is 5.88. The van der Waals surface area contributed by atoms with E-state index in [4.69, 9.17) is 5.84 Å². The largest absolute Gasteiger partial charge is 0.271 e. The molecule has 0 bridgehead atoms. The second-order valence-electron chi connectivity index (χ2n) is 7.32. The van der Waals surface area contributed by atoms with Gasteiger partial charge in [0.1, 0.15) is 0 Å². The summed E-state index contributed by atoms with van der Waals surface area (Å²) in [5, 5.41) is 0. The Morgan fingerprint density at radius 3 is 2.67 bits per heavy atom. The Bertz CT molecular complexity index is 449. The zero-order valence-electron chi connectivity index (χ0n) is 13.4. The number of nitrogens with two attached hydrogens (primary N) is 1. The third-order valence-corrected chi connectivity index (χ3v) is 5.88. The number of nitrogens with one attached hydrogen (secondary N) is 1. The van der Waals surface area contributed by atoms with Crippen LogP contribution in [0.4, 0.5) is 0 Å². The summed E-state index contributed by atoms with van der Waals surface area (Å²) in [7, 11) is 0. The average molecular weight is 286 g/mol. The van der Waals surface area contributed by atoms with Gasteiger partial charge < -0.3 is 0 Å². The molecule has 3 N–H and O–H groups in total. The van der Waals surface area contributed by atoms with Crippen LogP contribution in [0.3, 0.4) is 0 Å².